The number of hydrogen-bond donors (Lipinski definition) is 1. The summed E-state index contributed by atoms with van der Waals surface area (Å²) < 4.78 is 22.3. The lowest BCUT2D eigenvalue weighted by Gasteiger charge is -1.91. The third-order valence-corrected chi connectivity index (χ3v) is 2.34. The Hall–Kier alpha value is -2.63. The molecule has 5 nitrogen and oxygen atoms in total. The summed E-state index contributed by atoms with van der Waals surface area (Å²) >= 11 is 0. The molecule has 0 aliphatic heterocycles. The largest absolute Gasteiger partial charge is 0.464 e. The van der Waals surface area contributed by atoms with E-state index in [1.54, 1.807) is 18.2 Å². The Balaban J connectivity index is 2.19. The maximum atomic E-state index is 12.7. The zero-order chi connectivity index (χ0) is 13.8. The van der Waals surface area contributed by atoms with E-state index in [9.17, 15) is 9.18 Å². The Morgan fingerprint density at radius 2 is 2.05 bits per heavy atom. The van der Waals surface area contributed by atoms with Gasteiger partial charge >= 0.3 is 5.97 Å². The summed E-state index contributed by atoms with van der Waals surface area (Å²) in [5.74, 6) is -0.916. The van der Waals surface area contributed by atoms with Crippen molar-refractivity contribution in [1.82, 2.24) is 4.98 Å². The Morgan fingerprint density at radius 3 is 2.68 bits per heavy atom. The van der Waals surface area contributed by atoms with Crippen LogP contribution in [0.15, 0.2) is 28.7 Å². The number of nitrogens with zero attached hydrogens (tertiary/aromatic N) is 1. The van der Waals surface area contributed by atoms with Gasteiger partial charge in [-0.2, -0.15) is 0 Å². The molecule has 2 N–H and O–H groups in total. The summed E-state index contributed by atoms with van der Waals surface area (Å²) in [6.07, 6.45) is 3.18. The van der Waals surface area contributed by atoms with Crippen molar-refractivity contribution < 1.29 is 18.3 Å². The van der Waals surface area contributed by atoms with E-state index < -0.39 is 5.97 Å². The Kier molecular flexibility index (Phi) is 3.61. The molecule has 0 radical (unpaired) electrons. The average molecular weight is 262 g/mol. The topological polar surface area (TPSA) is 78.3 Å². The fraction of sp³-hybridized carbons (Fsp3) is 0.0769. The van der Waals surface area contributed by atoms with Gasteiger partial charge in [0.2, 0.25) is 17.5 Å². The van der Waals surface area contributed by atoms with Gasteiger partial charge in [0.05, 0.1) is 7.11 Å². The van der Waals surface area contributed by atoms with Crippen LogP contribution in [0.5, 0.6) is 0 Å². The summed E-state index contributed by atoms with van der Waals surface area (Å²) in [5.41, 5.74) is 6.19. The molecule has 0 atom stereocenters. The number of methoxy groups -OCH3 is 1. The number of aromatic nitrogens is 1. The molecule has 6 heteroatoms. The van der Waals surface area contributed by atoms with Crippen LogP contribution in [-0.4, -0.2) is 18.1 Å². The van der Waals surface area contributed by atoms with Crippen LogP contribution in [0.4, 0.5) is 10.3 Å². The van der Waals surface area contributed by atoms with Crippen molar-refractivity contribution in [2.45, 2.75) is 0 Å². The molecule has 1 aromatic heterocycles. The van der Waals surface area contributed by atoms with Crippen molar-refractivity contribution in [3.63, 3.8) is 0 Å². The molecule has 0 amide bonds. The molecule has 0 unspecified atom stereocenters. The van der Waals surface area contributed by atoms with E-state index in [1.165, 1.54) is 25.3 Å². The van der Waals surface area contributed by atoms with Crippen LogP contribution in [-0.2, 0) is 4.74 Å². The highest BCUT2D eigenvalue weighted by Crippen LogP contribution is 2.16. The Labute approximate surface area is 108 Å². The summed E-state index contributed by atoms with van der Waals surface area (Å²) in [6.45, 7) is 0. The van der Waals surface area contributed by atoms with Gasteiger partial charge in [0, 0.05) is 6.08 Å². The molecule has 0 bridgehead atoms. The van der Waals surface area contributed by atoms with Crippen LogP contribution in [0.2, 0.25) is 0 Å². The predicted octanol–water partition coefficient (Wildman–Crippen LogP) is 2.35. The highest BCUT2D eigenvalue weighted by molar-refractivity contribution is 5.91. The van der Waals surface area contributed by atoms with Crippen molar-refractivity contribution in [3.8, 4) is 0 Å². The van der Waals surface area contributed by atoms with Crippen LogP contribution in [0, 0.1) is 5.82 Å². The fourth-order valence-electron chi connectivity index (χ4n) is 1.40. The molecule has 1 heterocycles. The molecule has 0 aliphatic carbocycles. The zero-order valence-corrected chi connectivity index (χ0v) is 10.1. The van der Waals surface area contributed by atoms with Crippen LogP contribution >= 0.6 is 0 Å². The number of rotatable bonds is 3. The highest BCUT2D eigenvalue weighted by atomic mass is 19.1. The minimum Gasteiger partial charge on any atom is -0.464 e. The van der Waals surface area contributed by atoms with Crippen LogP contribution < -0.4 is 5.73 Å². The average Bonchev–Trinajstić information content (AvgIpc) is 2.78. The van der Waals surface area contributed by atoms with Crippen molar-refractivity contribution in [3.05, 3.63) is 47.2 Å². The molecule has 0 saturated heterocycles. The second-order valence-corrected chi connectivity index (χ2v) is 3.64. The monoisotopic (exact) mass is 262 g/mol. The molecule has 0 spiro atoms. The number of carbonyl (C=O) groups is 1. The van der Waals surface area contributed by atoms with Gasteiger partial charge in [-0.15, -0.1) is 0 Å². The minimum absolute atomic E-state index is 0.0683. The number of halogens is 1. The summed E-state index contributed by atoms with van der Waals surface area (Å²) in [5, 5.41) is 0. The van der Waals surface area contributed by atoms with Gasteiger partial charge < -0.3 is 14.9 Å². The lowest BCUT2D eigenvalue weighted by Crippen LogP contribution is -2.04. The molecule has 1 aromatic carbocycles. The van der Waals surface area contributed by atoms with Crippen LogP contribution in [0.3, 0.4) is 0 Å². The van der Waals surface area contributed by atoms with E-state index in [4.69, 9.17) is 10.2 Å². The highest BCUT2D eigenvalue weighted by Gasteiger charge is 2.17. The zero-order valence-electron chi connectivity index (χ0n) is 10.1. The Bertz CT molecular complexity index is 617. The van der Waals surface area contributed by atoms with E-state index in [0.717, 1.165) is 5.56 Å². The Morgan fingerprint density at radius 1 is 1.37 bits per heavy atom. The second kappa shape index (κ2) is 5.34. The van der Waals surface area contributed by atoms with Crippen LogP contribution in [0.1, 0.15) is 21.9 Å². The van der Waals surface area contributed by atoms with Crippen molar-refractivity contribution >= 4 is 24.0 Å². The van der Waals surface area contributed by atoms with Gasteiger partial charge in [0.25, 0.3) is 0 Å². The van der Waals surface area contributed by atoms with E-state index in [1.807, 2.05) is 0 Å². The van der Waals surface area contributed by atoms with Gasteiger partial charge in [0.1, 0.15) is 5.82 Å². The van der Waals surface area contributed by atoms with Gasteiger partial charge in [-0.1, -0.05) is 12.1 Å². The fourth-order valence-corrected chi connectivity index (χ4v) is 1.40. The number of ether oxygens (including phenoxy) is 1. The van der Waals surface area contributed by atoms with Crippen LogP contribution in [0.25, 0.3) is 12.2 Å². The number of benzene rings is 1. The van der Waals surface area contributed by atoms with E-state index >= 15 is 0 Å². The molecule has 2 aromatic rings. The van der Waals surface area contributed by atoms with E-state index in [2.05, 4.69) is 9.72 Å². The number of anilines is 1. The maximum Gasteiger partial charge on any atom is 0.362 e. The van der Waals surface area contributed by atoms with E-state index in [0.29, 0.717) is 0 Å². The quantitative estimate of drug-likeness (QED) is 0.859. The van der Waals surface area contributed by atoms with Crippen molar-refractivity contribution in [1.29, 1.82) is 0 Å². The third kappa shape index (κ3) is 2.98. The molecule has 19 heavy (non-hydrogen) atoms. The number of esters is 1. The van der Waals surface area contributed by atoms with Gasteiger partial charge in [-0.25, -0.2) is 14.2 Å². The maximum absolute atomic E-state index is 12.7. The summed E-state index contributed by atoms with van der Waals surface area (Å²) in [6, 6.07) is 5.87. The lowest BCUT2D eigenvalue weighted by molar-refractivity contribution is 0.0595. The van der Waals surface area contributed by atoms with Gasteiger partial charge in [-0.05, 0) is 23.8 Å². The SMILES string of the molecule is COC(=O)c1nc(C=Cc2ccc(F)cc2)oc1N. The molecule has 2 rings (SSSR count). The summed E-state index contributed by atoms with van der Waals surface area (Å²) in [4.78, 5) is 15.2. The number of nitrogen functional groups attached to an aromatic ring is 1. The normalized spacial score (nSPS) is 10.8. The minimum atomic E-state index is -0.664. The third-order valence-electron chi connectivity index (χ3n) is 2.34. The molecular weight excluding hydrogens is 251 g/mol. The molecule has 0 saturated carbocycles. The van der Waals surface area contributed by atoms with Crippen molar-refractivity contribution in [2.24, 2.45) is 0 Å². The first-order valence-corrected chi connectivity index (χ1v) is 5.38. The number of carbonyl (C=O) groups excluding carboxylic acids is 1. The predicted molar refractivity (Wildman–Crippen MR) is 67.6 cm³/mol. The smallest absolute Gasteiger partial charge is 0.362 e. The van der Waals surface area contributed by atoms with Crippen molar-refractivity contribution in [2.75, 3.05) is 12.8 Å². The number of hydrogen-bond acceptors (Lipinski definition) is 5. The standard InChI is InChI=1S/C13H11FN2O3/c1-18-13(17)11-12(15)19-10(16-11)7-4-8-2-5-9(14)6-3-8/h2-7H,15H2,1H3. The number of nitrogens with two attached hydrogens (primary N) is 1. The van der Waals surface area contributed by atoms with Gasteiger partial charge in [0.15, 0.2) is 0 Å². The molecule has 98 valence electrons. The molecule has 0 aliphatic rings. The van der Waals surface area contributed by atoms with Gasteiger partial charge in [-0.3, -0.25) is 0 Å². The van der Waals surface area contributed by atoms with E-state index in [-0.39, 0.29) is 23.3 Å². The summed E-state index contributed by atoms with van der Waals surface area (Å²) in [7, 11) is 1.23. The molecular formula is C13H11FN2O3. The first kappa shape index (κ1) is 12.8. The second-order valence-electron chi connectivity index (χ2n) is 3.64. The first-order valence-electron chi connectivity index (χ1n) is 5.38. The lowest BCUT2D eigenvalue weighted by atomic mass is 10.2. The first-order chi connectivity index (χ1) is 9.10. The molecule has 0 fully saturated rings. The number of oxazole rings is 1.